The Balaban J connectivity index is 1.65. The average Bonchev–Trinajstić information content (AvgIpc) is 3.24. The lowest BCUT2D eigenvalue weighted by atomic mass is 10.0. The highest BCUT2D eigenvalue weighted by Gasteiger charge is 2.42. The number of halogens is 1. The molecule has 32 heavy (non-hydrogen) atoms. The molecule has 6 nitrogen and oxygen atoms in total. The van der Waals surface area contributed by atoms with Crippen molar-refractivity contribution in [3.05, 3.63) is 82.5 Å². The molecule has 1 aliphatic rings. The van der Waals surface area contributed by atoms with Crippen molar-refractivity contribution in [1.82, 2.24) is 9.88 Å². The number of methoxy groups -OCH3 is 1. The maximum Gasteiger partial charge on any atom is 0.326 e. The van der Waals surface area contributed by atoms with Crippen LogP contribution in [-0.2, 0) is 4.79 Å². The zero-order valence-electron chi connectivity index (χ0n) is 17.8. The van der Waals surface area contributed by atoms with Crippen LogP contribution in [0.2, 0.25) is 5.02 Å². The van der Waals surface area contributed by atoms with E-state index in [0.29, 0.717) is 29.3 Å². The second-order valence-corrected chi connectivity index (χ2v) is 8.15. The number of rotatable bonds is 5. The van der Waals surface area contributed by atoms with Gasteiger partial charge in [-0.25, -0.2) is 9.78 Å². The molecule has 0 unspecified atom stereocenters. The van der Waals surface area contributed by atoms with Crippen LogP contribution >= 0.6 is 11.6 Å². The van der Waals surface area contributed by atoms with Crippen molar-refractivity contribution in [2.24, 2.45) is 0 Å². The first-order valence-electron chi connectivity index (χ1n) is 10.3. The molecule has 0 spiro atoms. The molecule has 2 atom stereocenters. The first-order chi connectivity index (χ1) is 15.4. The van der Waals surface area contributed by atoms with Crippen LogP contribution in [-0.4, -0.2) is 40.0 Å². The molecule has 0 saturated carbocycles. The van der Waals surface area contributed by atoms with Crippen molar-refractivity contribution in [2.45, 2.75) is 31.8 Å². The van der Waals surface area contributed by atoms with Gasteiger partial charge in [0.1, 0.15) is 6.04 Å². The second-order valence-electron chi connectivity index (χ2n) is 7.75. The van der Waals surface area contributed by atoms with E-state index in [1.165, 1.54) is 4.90 Å². The quantitative estimate of drug-likeness (QED) is 0.581. The topological polar surface area (TPSA) is 79.7 Å². The lowest BCUT2D eigenvalue weighted by Gasteiger charge is -2.29. The molecule has 1 N–H and O–H groups in total. The molecular formula is C25H23ClN2O4. The fourth-order valence-corrected chi connectivity index (χ4v) is 4.55. The van der Waals surface area contributed by atoms with Crippen molar-refractivity contribution in [3.63, 3.8) is 0 Å². The van der Waals surface area contributed by atoms with Crippen LogP contribution in [0.4, 0.5) is 0 Å². The van der Waals surface area contributed by atoms with Crippen LogP contribution in [0.1, 0.15) is 40.5 Å². The summed E-state index contributed by atoms with van der Waals surface area (Å²) in [5, 5.41) is 10.3. The Bertz CT molecular complexity index is 1160. The van der Waals surface area contributed by atoms with Gasteiger partial charge in [0.2, 0.25) is 5.88 Å². The summed E-state index contributed by atoms with van der Waals surface area (Å²) in [6.45, 7) is 1.90. The summed E-state index contributed by atoms with van der Waals surface area (Å²) in [4.78, 5) is 31.2. The van der Waals surface area contributed by atoms with E-state index in [1.807, 2.05) is 43.3 Å². The van der Waals surface area contributed by atoms with E-state index < -0.39 is 12.0 Å². The number of carboxylic acid groups (broad SMARTS) is 1. The summed E-state index contributed by atoms with van der Waals surface area (Å²) >= 11 is 6.37. The summed E-state index contributed by atoms with van der Waals surface area (Å²) in [6.07, 6.45) is 0.924. The number of likely N-dealkylation sites (tertiary alicyclic amines) is 1. The Kier molecular flexibility index (Phi) is 6.15. The van der Waals surface area contributed by atoms with Crippen molar-refractivity contribution < 1.29 is 19.4 Å². The normalized spacial score (nSPS) is 17.9. The third-order valence-electron chi connectivity index (χ3n) is 5.88. The first-order valence-corrected chi connectivity index (χ1v) is 10.7. The maximum atomic E-state index is 13.4. The number of carbonyl (C=O) groups is 2. The van der Waals surface area contributed by atoms with Crippen LogP contribution in [0.5, 0.6) is 5.88 Å². The lowest BCUT2D eigenvalue weighted by Crippen LogP contribution is -2.41. The molecular weight excluding hydrogens is 428 g/mol. The van der Waals surface area contributed by atoms with Crippen molar-refractivity contribution in [3.8, 4) is 17.0 Å². The van der Waals surface area contributed by atoms with Gasteiger partial charge in [-0.05, 0) is 55.2 Å². The van der Waals surface area contributed by atoms with Crippen molar-refractivity contribution >= 4 is 23.5 Å². The zero-order valence-corrected chi connectivity index (χ0v) is 18.5. The third-order valence-corrected chi connectivity index (χ3v) is 6.23. The Morgan fingerprint density at radius 2 is 1.78 bits per heavy atom. The molecule has 1 saturated heterocycles. The molecule has 2 heterocycles. The van der Waals surface area contributed by atoms with Gasteiger partial charge in [-0.3, -0.25) is 4.79 Å². The predicted molar refractivity (Wildman–Crippen MR) is 122 cm³/mol. The number of benzene rings is 2. The van der Waals surface area contributed by atoms with Gasteiger partial charge in [-0.1, -0.05) is 41.9 Å². The highest BCUT2D eigenvalue weighted by molar-refractivity contribution is 6.31. The van der Waals surface area contributed by atoms with Crippen molar-refractivity contribution in [2.75, 3.05) is 7.11 Å². The molecule has 3 aromatic rings. The lowest BCUT2D eigenvalue weighted by molar-refractivity contribution is -0.141. The molecule has 7 heteroatoms. The molecule has 0 aliphatic carbocycles. The standard InChI is InChI=1S/C25H23ClN2O4/c1-15-18(11-14-23(27-15)32-2)16-7-9-17(10-8-16)24(29)28-21(12-13-22(28)25(30)31)19-5-3-4-6-20(19)26/h3-11,14,21-22H,12-13H2,1-2H3,(H,30,31)/t21-,22+/m1/s1. The molecule has 1 aliphatic heterocycles. The number of amides is 1. The third kappa shape index (κ3) is 4.06. The van der Waals surface area contributed by atoms with Gasteiger partial charge >= 0.3 is 5.97 Å². The van der Waals surface area contributed by atoms with E-state index in [2.05, 4.69) is 4.98 Å². The van der Waals surface area contributed by atoms with E-state index >= 15 is 0 Å². The number of aliphatic carboxylic acids is 1. The largest absolute Gasteiger partial charge is 0.481 e. The number of carbonyl (C=O) groups excluding carboxylic acids is 1. The minimum atomic E-state index is -1.01. The zero-order chi connectivity index (χ0) is 22.8. The highest BCUT2D eigenvalue weighted by atomic mass is 35.5. The number of ether oxygens (including phenoxy) is 1. The van der Waals surface area contributed by atoms with E-state index in [1.54, 1.807) is 31.4 Å². The van der Waals surface area contributed by atoms with Crippen LogP contribution < -0.4 is 4.74 Å². The smallest absolute Gasteiger partial charge is 0.326 e. The minimum Gasteiger partial charge on any atom is -0.481 e. The monoisotopic (exact) mass is 450 g/mol. The van der Waals surface area contributed by atoms with Crippen LogP contribution in [0.15, 0.2) is 60.7 Å². The van der Waals surface area contributed by atoms with E-state index in [0.717, 1.165) is 22.4 Å². The van der Waals surface area contributed by atoms with Gasteiger partial charge in [-0.2, -0.15) is 0 Å². The van der Waals surface area contributed by atoms with Gasteiger partial charge in [-0.15, -0.1) is 0 Å². The summed E-state index contributed by atoms with van der Waals surface area (Å²) < 4.78 is 5.16. The predicted octanol–water partition coefficient (Wildman–Crippen LogP) is 5.15. The van der Waals surface area contributed by atoms with Gasteiger partial charge < -0.3 is 14.7 Å². The fourth-order valence-electron chi connectivity index (χ4n) is 4.29. The summed E-state index contributed by atoms with van der Waals surface area (Å²) in [6, 6.07) is 16.8. The van der Waals surface area contributed by atoms with Crippen LogP contribution in [0.25, 0.3) is 11.1 Å². The van der Waals surface area contributed by atoms with Gasteiger partial charge in [0, 0.05) is 27.9 Å². The van der Waals surface area contributed by atoms with Gasteiger partial charge in [0.05, 0.1) is 13.2 Å². The fraction of sp³-hybridized carbons (Fsp3) is 0.240. The molecule has 1 fully saturated rings. The first kappa shape index (κ1) is 21.8. The molecule has 164 valence electrons. The Labute approximate surface area is 191 Å². The Morgan fingerprint density at radius 1 is 1.06 bits per heavy atom. The SMILES string of the molecule is COc1ccc(-c2ccc(C(=O)N3[C@@H](c4ccccc4Cl)CC[C@H]3C(=O)O)cc2)c(C)n1. The number of pyridine rings is 1. The summed E-state index contributed by atoms with van der Waals surface area (Å²) in [5.74, 6) is -0.794. The van der Waals surface area contributed by atoms with Crippen molar-refractivity contribution in [1.29, 1.82) is 0 Å². The minimum absolute atomic E-state index is 0.323. The Hall–Kier alpha value is -3.38. The molecule has 4 rings (SSSR count). The van der Waals surface area contributed by atoms with E-state index in [4.69, 9.17) is 16.3 Å². The summed E-state index contributed by atoms with van der Waals surface area (Å²) in [7, 11) is 1.57. The van der Waals surface area contributed by atoms with Crippen LogP contribution in [0.3, 0.4) is 0 Å². The number of nitrogens with zero attached hydrogens (tertiary/aromatic N) is 2. The van der Waals surface area contributed by atoms with E-state index in [9.17, 15) is 14.7 Å². The number of aromatic nitrogens is 1. The second kappa shape index (κ2) is 9.01. The summed E-state index contributed by atoms with van der Waals surface area (Å²) in [5.41, 5.74) is 3.85. The molecule has 0 radical (unpaired) electrons. The average molecular weight is 451 g/mol. The Morgan fingerprint density at radius 3 is 2.41 bits per heavy atom. The maximum absolute atomic E-state index is 13.4. The van der Waals surface area contributed by atoms with Gasteiger partial charge in [0.15, 0.2) is 0 Å². The number of carboxylic acids is 1. The number of hydrogen-bond acceptors (Lipinski definition) is 4. The van der Waals surface area contributed by atoms with E-state index in [-0.39, 0.29) is 11.9 Å². The van der Waals surface area contributed by atoms with Gasteiger partial charge in [0.25, 0.3) is 5.91 Å². The van der Waals surface area contributed by atoms with Crippen LogP contribution in [0, 0.1) is 6.92 Å². The molecule has 0 bridgehead atoms. The number of hydrogen-bond donors (Lipinski definition) is 1. The highest BCUT2D eigenvalue weighted by Crippen LogP contribution is 2.40. The molecule has 1 aromatic heterocycles. The molecule has 1 amide bonds. The molecule has 2 aromatic carbocycles. The number of aryl methyl sites for hydroxylation is 1.